The Bertz CT molecular complexity index is 584. The Labute approximate surface area is 138 Å². The largest absolute Gasteiger partial charge is 0.342 e. The van der Waals surface area contributed by atoms with Gasteiger partial charge in [-0.05, 0) is 23.1 Å². The van der Waals surface area contributed by atoms with E-state index in [-0.39, 0.29) is 23.8 Å². The summed E-state index contributed by atoms with van der Waals surface area (Å²) in [6.07, 6.45) is 0. The van der Waals surface area contributed by atoms with Crippen LogP contribution in [0.15, 0.2) is 22.7 Å². The van der Waals surface area contributed by atoms with E-state index in [0.717, 1.165) is 10.0 Å². The van der Waals surface area contributed by atoms with Crippen LogP contribution in [0.5, 0.6) is 0 Å². The number of carbonyl (C=O) groups is 2. The van der Waals surface area contributed by atoms with Gasteiger partial charge in [-0.3, -0.25) is 9.59 Å². The summed E-state index contributed by atoms with van der Waals surface area (Å²) in [5.74, 6) is -0.205. The van der Waals surface area contributed by atoms with Crippen LogP contribution in [0.3, 0.4) is 0 Å². The average molecular weight is 374 g/mol. The summed E-state index contributed by atoms with van der Waals surface area (Å²) in [7, 11) is 0. The van der Waals surface area contributed by atoms with Crippen LogP contribution in [0, 0.1) is 5.41 Å². The predicted molar refractivity (Wildman–Crippen MR) is 86.0 cm³/mol. The van der Waals surface area contributed by atoms with Crippen molar-refractivity contribution in [3.8, 4) is 0 Å². The molecule has 114 valence electrons. The lowest BCUT2D eigenvalue weighted by atomic mass is 9.84. The molecule has 1 aromatic rings. The van der Waals surface area contributed by atoms with E-state index in [1.807, 2.05) is 32.9 Å². The van der Waals surface area contributed by atoms with E-state index in [0.29, 0.717) is 11.6 Å². The second-order valence-electron chi connectivity index (χ2n) is 6.30. The summed E-state index contributed by atoms with van der Waals surface area (Å²) in [4.78, 5) is 26.0. The Hall–Kier alpha value is -1.07. The lowest BCUT2D eigenvalue weighted by Crippen LogP contribution is -2.61. The lowest BCUT2D eigenvalue weighted by molar-refractivity contribution is -0.147. The van der Waals surface area contributed by atoms with E-state index < -0.39 is 6.04 Å². The summed E-state index contributed by atoms with van der Waals surface area (Å²) in [5, 5.41) is 3.35. The number of hydrogen-bond acceptors (Lipinski definition) is 2. The Morgan fingerprint density at radius 1 is 1.38 bits per heavy atom. The van der Waals surface area contributed by atoms with Crippen molar-refractivity contribution in [2.24, 2.45) is 5.41 Å². The minimum atomic E-state index is -0.507. The first kappa shape index (κ1) is 16.3. The SMILES string of the molecule is CC(C)(C)C1NC(=O)CN(Cc2ccc(Br)cc2Cl)C1=O. The van der Waals surface area contributed by atoms with Gasteiger partial charge in [-0.2, -0.15) is 0 Å². The second-order valence-corrected chi connectivity index (χ2v) is 7.62. The number of piperazine rings is 1. The molecule has 0 radical (unpaired) electrons. The summed E-state index contributed by atoms with van der Waals surface area (Å²) < 4.78 is 0.881. The minimum Gasteiger partial charge on any atom is -0.342 e. The van der Waals surface area contributed by atoms with Gasteiger partial charge in [0, 0.05) is 16.0 Å². The van der Waals surface area contributed by atoms with Crippen molar-refractivity contribution in [3.63, 3.8) is 0 Å². The number of rotatable bonds is 2. The monoisotopic (exact) mass is 372 g/mol. The molecule has 0 bridgehead atoms. The van der Waals surface area contributed by atoms with Gasteiger partial charge in [0.2, 0.25) is 11.8 Å². The second kappa shape index (κ2) is 5.97. The summed E-state index contributed by atoms with van der Waals surface area (Å²) in [6.45, 7) is 6.21. The van der Waals surface area contributed by atoms with Crippen molar-refractivity contribution in [1.82, 2.24) is 10.2 Å². The van der Waals surface area contributed by atoms with Gasteiger partial charge in [0.1, 0.15) is 6.04 Å². The third-order valence-corrected chi connectivity index (χ3v) is 4.29. The zero-order valence-corrected chi connectivity index (χ0v) is 14.6. The van der Waals surface area contributed by atoms with Gasteiger partial charge in [0.05, 0.1) is 6.54 Å². The van der Waals surface area contributed by atoms with Gasteiger partial charge in [-0.1, -0.05) is 54.4 Å². The molecule has 1 saturated heterocycles. The fraction of sp³-hybridized carbons (Fsp3) is 0.467. The molecule has 1 unspecified atom stereocenters. The van der Waals surface area contributed by atoms with E-state index in [4.69, 9.17) is 11.6 Å². The molecular weight excluding hydrogens is 356 g/mol. The topological polar surface area (TPSA) is 49.4 Å². The van der Waals surface area contributed by atoms with E-state index in [9.17, 15) is 9.59 Å². The van der Waals surface area contributed by atoms with Crippen molar-refractivity contribution < 1.29 is 9.59 Å². The highest BCUT2D eigenvalue weighted by atomic mass is 79.9. The van der Waals surface area contributed by atoms with E-state index in [1.54, 1.807) is 11.0 Å². The molecule has 2 amide bonds. The number of benzene rings is 1. The van der Waals surface area contributed by atoms with Crippen LogP contribution < -0.4 is 5.32 Å². The number of carbonyl (C=O) groups excluding carboxylic acids is 2. The Morgan fingerprint density at radius 3 is 2.62 bits per heavy atom. The van der Waals surface area contributed by atoms with Crippen molar-refractivity contribution in [2.75, 3.05) is 6.54 Å². The van der Waals surface area contributed by atoms with E-state index in [1.165, 1.54) is 0 Å². The average Bonchev–Trinajstić information content (AvgIpc) is 2.35. The number of amides is 2. The summed E-state index contributed by atoms with van der Waals surface area (Å²) >= 11 is 9.54. The maximum absolute atomic E-state index is 12.6. The van der Waals surface area contributed by atoms with Crippen molar-refractivity contribution in [2.45, 2.75) is 33.4 Å². The minimum absolute atomic E-state index is 0.0673. The molecular formula is C15H18BrClN2O2. The number of halogens is 2. The van der Waals surface area contributed by atoms with Gasteiger partial charge in [-0.25, -0.2) is 0 Å². The van der Waals surface area contributed by atoms with Crippen LogP contribution in [0.1, 0.15) is 26.3 Å². The molecule has 1 aliphatic heterocycles. The molecule has 1 atom stereocenters. The molecule has 4 nitrogen and oxygen atoms in total. The summed E-state index contributed by atoms with van der Waals surface area (Å²) in [5.41, 5.74) is 0.505. The van der Waals surface area contributed by atoms with Crippen LogP contribution in [0.4, 0.5) is 0 Å². The molecule has 1 N–H and O–H groups in total. The van der Waals surface area contributed by atoms with Gasteiger partial charge in [0.25, 0.3) is 0 Å². The third kappa shape index (κ3) is 3.77. The molecule has 0 aliphatic carbocycles. The fourth-order valence-corrected chi connectivity index (χ4v) is 3.01. The van der Waals surface area contributed by atoms with Gasteiger partial charge in [0.15, 0.2) is 0 Å². The Morgan fingerprint density at radius 2 is 2.05 bits per heavy atom. The molecule has 0 spiro atoms. The van der Waals surface area contributed by atoms with E-state index in [2.05, 4.69) is 21.2 Å². The van der Waals surface area contributed by atoms with Gasteiger partial charge >= 0.3 is 0 Å². The maximum atomic E-state index is 12.6. The highest BCUT2D eigenvalue weighted by Crippen LogP contribution is 2.26. The van der Waals surface area contributed by atoms with Crippen molar-refractivity contribution >= 4 is 39.3 Å². The van der Waals surface area contributed by atoms with Crippen LogP contribution in [-0.4, -0.2) is 29.3 Å². The lowest BCUT2D eigenvalue weighted by Gasteiger charge is -2.39. The molecule has 1 heterocycles. The first-order valence-corrected chi connectivity index (χ1v) is 7.87. The molecule has 1 fully saturated rings. The van der Waals surface area contributed by atoms with Crippen LogP contribution in [0.25, 0.3) is 0 Å². The molecule has 1 aromatic carbocycles. The van der Waals surface area contributed by atoms with Crippen LogP contribution in [0.2, 0.25) is 5.02 Å². The smallest absolute Gasteiger partial charge is 0.246 e. The number of nitrogens with one attached hydrogen (secondary N) is 1. The van der Waals surface area contributed by atoms with Crippen molar-refractivity contribution in [3.05, 3.63) is 33.3 Å². The zero-order valence-electron chi connectivity index (χ0n) is 12.2. The van der Waals surface area contributed by atoms with E-state index >= 15 is 0 Å². The van der Waals surface area contributed by atoms with Gasteiger partial charge < -0.3 is 10.2 Å². The molecule has 1 aliphatic rings. The third-order valence-electron chi connectivity index (χ3n) is 3.44. The van der Waals surface area contributed by atoms with Gasteiger partial charge in [-0.15, -0.1) is 0 Å². The number of nitrogens with zero attached hydrogens (tertiary/aromatic N) is 1. The fourth-order valence-electron chi connectivity index (χ4n) is 2.28. The molecule has 0 saturated carbocycles. The van der Waals surface area contributed by atoms with Crippen LogP contribution in [-0.2, 0) is 16.1 Å². The van der Waals surface area contributed by atoms with Crippen LogP contribution >= 0.6 is 27.5 Å². The molecule has 21 heavy (non-hydrogen) atoms. The number of hydrogen-bond donors (Lipinski definition) is 1. The molecule has 0 aromatic heterocycles. The highest BCUT2D eigenvalue weighted by molar-refractivity contribution is 9.10. The standard InChI is InChI=1S/C15H18BrClN2O2/c1-15(2,3)13-14(21)19(8-12(20)18-13)7-9-4-5-10(16)6-11(9)17/h4-6,13H,7-8H2,1-3H3,(H,18,20). The maximum Gasteiger partial charge on any atom is 0.246 e. The molecule has 2 rings (SSSR count). The summed E-state index contributed by atoms with van der Waals surface area (Å²) in [6, 6.07) is 5.01. The Kier molecular flexibility index (Phi) is 4.63. The molecule has 6 heteroatoms. The first-order chi connectivity index (χ1) is 9.68. The van der Waals surface area contributed by atoms with Crippen molar-refractivity contribution in [1.29, 1.82) is 0 Å². The zero-order chi connectivity index (χ0) is 15.8. The quantitative estimate of drug-likeness (QED) is 0.866. The Balaban J connectivity index is 2.22. The highest BCUT2D eigenvalue weighted by Gasteiger charge is 2.39. The predicted octanol–water partition coefficient (Wildman–Crippen LogP) is 2.98. The normalized spacial score (nSPS) is 19.7. The first-order valence-electron chi connectivity index (χ1n) is 6.70.